The van der Waals surface area contributed by atoms with Crippen LogP contribution < -0.4 is 0 Å². The van der Waals surface area contributed by atoms with Crippen LogP contribution in [0.2, 0.25) is 0 Å². The highest BCUT2D eigenvalue weighted by Gasteiger charge is 2.19. The highest BCUT2D eigenvalue weighted by Crippen LogP contribution is 2.30. The average Bonchev–Trinajstić information content (AvgIpc) is 2.78. The van der Waals surface area contributed by atoms with E-state index in [1.165, 1.54) is 12.1 Å². The fourth-order valence-corrected chi connectivity index (χ4v) is 2.42. The van der Waals surface area contributed by atoms with E-state index in [1.54, 1.807) is 0 Å². The molecule has 94 valence electrons. The first kappa shape index (κ1) is 12.8. The molecule has 1 aliphatic heterocycles. The minimum atomic E-state index is -0.575. The second kappa shape index (κ2) is 5.78. The average molecular weight is 261 g/mol. The molecule has 2 rings (SSSR count). The number of ether oxygens (including phenoxy) is 1. The summed E-state index contributed by atoms with van der Waals surface area (Å²) in [6.45, 7) is 0.808. The van der Waals surface area contributed by atoms with Crippen molar-refractivity contribution < 1.29 is 13.5 Å². The molecule has 1 aliphatic rings. The van der Waals surface area contributed by atoms with Crippen molar-refractivity contribution in [2.75, 3.05) is 6.61 Å². The Bertz CT molecular complexity index is 378. The monoisotopic (exact) mass is 260 g/mol. The van der Waals surface area contributed by atoms with E-state index < -0.39 is 17.0 Å². The minimum absolute atomic E-state index is 0.250. The van der Waals surface area contributed by atoms with E-state index in [9.17, 15) is 8.78 Å². The summed E-state index contributed by atoms with van der Waals surface area (Å²) in [6.07, 6.45) is 3.86. The van der Waals surface area contributed by atoms with Crippen molar-refractivity contribution in [3.8, 4) is 0 Å². The molecular weight excluding hydrogens is 246 g/mol. The van der Waals surface area contributed by atoms with Crippen molar-refractivity contribution in [3.63, 3.8) is 0 Å². The molecule has 4 heteroatoms. The van der Waals surface area contributed by atoms with Gasteiger partial charge >= 0.3 is 0 Å². The summed E-state index contributed by atoms with van der Waals surface area (Å²) >= 11 is 6.12. The van der Waals surface area contributed by atoms with Crippen LogP contribution in [0.1, 0.15) is 36.6 Å². The summed E-state index contributed by atoms with van der Waals surface area (Å²) in [6, 6.07) is 3.52. The summed E-state index contributed by atoms with van der Waals surface area (Å²) in [4.78, 5) is 0. The first-order valence-corrected chi connectivity index (χ1v) is 6.31. The molecule has 2 atom stereocenters. The molecule has 0 amide bonds. The SMILES string of the molecule is Fc1ccc(C(Cl)CCC2CCCO2)c(F)c1. The van der Waals surface area contributed by atoms with E-state index in [1.807, 2.05) is 0 Å². The zero-order chi connectivity index (χ0) is 12.3. The Balaban J connectivity index is 1.91. The molecule has 1 heterocycles. The summed E-state index contributed by atoms with van der Waals surface area (Å²) in [7, 11) is 0. The Kier molecular flexibility index (Phi) is 4.35. The van der Waals surface area contributed by atoms with Gasteiger partial charge in [0.05, 0.1) is 11.5 Å². The number of hydrogen-bond acceptors (Lipinski definition) is 1. The number of halogens is 3. The van der Waals surface area contributed by atoms with Gasteiger partial charge in [0.2, 0.25) is 0 Å². The van der Waals surface area contributed by atoms with Gasteiger partial charge in [-0.3, -0.25) is 0 Å². The molecule has 0 aromatic heterocycles. The quantitative estimate of drug-likeness (QED) is 0.737. The Morgan fingerprint density at radius 3 is 2.88 bits per heavy atom. The fourth-order valence-electron chi connectivity index (χ4n) is 2.12. The van der Waals surface area contributed by atoms with E-state index in [0.717, 1.165) is 31.9 Å². The smallest absolute Gasteiger partial charge is 0.130 e. The van der Waals surface area contributed by atoms with Crippen molar-refractivity contribution in [1.29, 1.82) is 0 Å². The number of rotatable bonds is 4. The third kappa shape index (κ3) is 3.39. The van der Waals surface area contributed by atoms with Crippen LogP contribution in [0.25, 0.3) is 0 Å². The summed E-state index contributed by atoms with van der Waals surface area (Å²) < 4.78 is 31.7. The standard InChI is InChI=1S/C13H15ClF2O/c14-12(6-4-10-2-1-7-17-10)11-5-3-9(15)8-13(11)16/h3,5,8,10,12H,1-2,4,6-7H2. The van der Waals surface area contributed by atoms with Gasteiger partial charge in [0, 0.05) is 18.2 Å². The highest BCUT2D eigenvalue weighted by molar-refractivity contribution is 6.20. The molecule has 0 aliphatic carbocycles. The largest absolute Gasteiger partial charge is 0.378 e. The van der Waals surface area contributed by atoms with E-state index in [2.05, 4.69) is 0 Å². The fraction of sp³-hybridized carbons (Fsp3) is 0.538. The van der Waals surface area contributed by atoms with Crippen LogP contribution in [-0.4, -0.2) is 12.7 Å². The van der Waals surface area contributed by atoms with Crippen LogP contribution in [-0.2, 0) is 4.74 Å². The van der Waals surface area contributed by atoms with Crippen LogP contribution >= 0.6 is 11.6 Å². The molecule has 0 N–H and O–H groups in total. The summed E-state index contributed by atoms with van der Waals surface area (Å²) in [5, 5.41) is -0.417. The van der Waals surface area contributed by atoms with Crippen LogP contribution in [0.5, 0.6) is 0 Å². The minimum Gasteiger partial charge on any atom is -0.378 e. The molecule has 2 unspecified atom stereocenters. The van der Waals surface area contributed by atoms with Crippen molar-refractivity contribution in [2.45, 2.75) is 37.2 Å². The van der Waals surface area contributed by atoms with Gasteiger partial charge in [-0.25, -0.2) is 8.78 Å². The molecule has 1 saturated heterocycles. The van der Waals surface area contributed by atoms with Crippen LogP contribution in [0.4, 0.5) is 8.78 Å². The predicted molar refractivity (Wildman–Crippen MR) is 63.2 cm³/mol. The normalized spacial score (nSPS) is 21.7. The molecule has 17 heavy (non-hydrogen) atoms. The summed E-state index contributed by atoms with van der Waals surface area (Å²) in [5.41, 5.74) is 0.367. The molecule has 0 saturated carbocycles. The number of hydrogen-bond donors (Lipinski definition) is 0. The maximum Gasteiger partial charge on any atom is 0.130 e. The lowest BCUT2D eigenvalue weighted by Crippen LogP contribution is -2.06. The number of alkyl halides is 1. The van der Waals surface area contributed by atoms with Crippen molar-refractivity contribution in [1.82, 2.24) is 0 Å². The van der Waals surface area contributed by atoms with Gasteiger partial charge in [-0.2, -0.15) is 0 Å². The van der Waals surface area contributed by atoms with Crippen molar-refractivity contribution >= 4 is 11.6 Å². The van der Waals surface area contributed by atoms with E-state index >= 15 is 0 Å². The Labute approximate surface area is 105 Å². The van der Waals surface area contributed by atoms with Gasteiger partial charge in [0.15, 0.2) is 0 Å². The van der Waals surface area contributed by atoms with E-state index in [-0.39, 0.29) is 6.10 Å². The predicted octanol–water partition coefficient (Wildman–Crippen LogP) is 4.20. The third-order valence-corrected chi connectivity index (χ3v) is 3.52. The maximum atomic E-state index is 13.4. The molecule has 1 fully saturated rings. The van der Waals surface area contributed by atoms with Crippen molar-refractivity contribution in [3.05, 3.63) is 35.4 Å². The van der Waals surface area contributed by atoms with Crippen LogP contribution in [0.15, 0.2) is 18.2 Å². The third-order valence-electron chi connectivity index (χ3n) is 3.07. The Morgan fingerprint density at radius 1 is 1.41 bits per heavy atom. The van der Waals surface area contributed by atoms with Gasteiger partial charge in [-0.05, 0) is 31.7 Å². The maximum absolute atomic E-state index is 13.4. The van der Waals surface area contributed by atoms with Crippen LogP contribution in [0.3, 0.4) is 0 Å². The molecule has 1 aromatic rings. The molecule has 1 nitrogen and oxygen atoms in total. The van der Waals surface area contributed by atoms with Gasteiger partial charge in [-0.1, -0.05) is 6.07 Å². The molecule has 0 spiro atoms. The lowest BCUT2D eigenvalue weighted by atomic mass is 10.0. The highest BCUT2D eigenvalue weighted by atomic mass is 35.5. The first-order chi connectivity index (χ1) is 8.16. The first-order valence-electron chi connectivity index (χ1n) is 5.87. The van der Waals surface area contributed by atoms with Crippen LogP contribution in [0, 0.1) is 11.6 Å². The lowest BCUT2D eigenvalue weighted by molar-refractivity contribution is 0.102. The van der Waals surface area contributed by atoms with E-state index in [0.29, 0.717) is 12.0 Å². The van der Waals surface area contributed by atoms with Gasteiger partial charge in [0.1, 0.15) is 11.6 Å². The second-order valence-corrected chi connectivity index (χ2v) is 4.87. The topological polar surface area (TPSA) is 9.23 Å². The zero-order valence-electron chi connectivity index (χ0n) is 9.46. The van der Waals surface area contributed by atoms with E-state index in [4.69, 9.17) is 16.3 Å². The van der Waals surface area contributed by atoms with Gasteiger partial charge in [0.25, 0.3) is 0 Å². The molecule has 0 bridgehead atoms. The van der Waals surface area contributed by atoms with Gasteiger partial charge in [-0.15, -0.1) is 11.6 Å². The number of benzene rings is 1. The molecule has 0 radical (unpaired) electrons. The van der Waals surface area contributed by atoms with Gasteiger partial charge < -0.3 is 4.74 Å². The molecule has 1 aromatic carbocycles. The second-order valence-electron chi connectivity index (χ2n) is 4.35. The van der Waals surface area contributed by atoms with Crippen molar-refractivity contribution in [2.24, 2.45) is 0 Å². The molecular formula is C13H15ClF2O. The Hall–Kier alpha value is -0.670. The summed E-state index contributed by atoms with van der Waals surface area (Å²) in [5.74, 6) is -1.15. The zero-order valence-corrected chi connectivity index (χ0v) is 10.2. The Morgan fingerprint density at radius 2 is 2.24 bits per heavy atom. The lowest BCUT2D eigenvalue weighted by Gasteiger charge is -2.14.